The van der Waals surface area contributed by atoms with Gasteiger partial charge in [-0.05, 0) is 35.2 Å². The quantitative estimate of drug-likeness (QED) is 0.803. The molecule has 0 aliphatic heterocycles. The van der Waals surface area contributed by atoms with Crippen LogP contribution in [0.25, 0.3) is 0 Å². The van der Waals surface area contributed by atoms with Gasteiger partial charge in [0, 0.05) is 6.07 Å². The van der Waals surface area contributed by atoms with E-state index in [-0.39, 0.29) is 0 Å². The van der Waals surface area contributed by atoms with Gasteiger partial charge in [0.05, 0.1) is 6.10 Å². The topological polar surface area (TPSA) is 35.3 Å². The van der Waals surface area contributed by atoms with E-state index in [1.54, 1.807) is 0 Å². The van der Waals surface area contributed by atoms with Crippen molar-refractivity contribution in [3.8, 4) is 0 Å². The molecule has 1 fully saturated rings. The largest absolute Gasteiger partial charge is 0.370 e. The number of hydrogen-bond donors (Lipinski definition) is 0. The lowest BCUT2D eigenvalue weighted by Crippen LogP contribution is -2.20. The van der Waals surface area contributed by atoms with E-state index < -0.39 is 0 Å². The average molecular weight is 232 g/mol. The number of rotatable bonds is 3. The maximum atomic E-state index is 5.52. The number of ether oxygens (including phenoxy) is 1. The van der Waals surface area contributed by atoms with Gasteiger partial charge < -0.3 is 9.26 Å². The molecule has 1 aromatic heterocycles. The van der Waals surface area contributed by atoms with Crippen molar-refractivity contribution in [1.82, 2.24) is 5.16 Å². The number of nitrogens with zero attached hydrogens (tertiary/aromatic N) is 1. The Bertz CT molecular complexity index is 257. The predicted octanol–water partition coefficient (Wildman–Crippen LogP) is 2.51. The van der Waals surface area contributed by atoms with Crippen LogP contribution < -0.4 is 0 Å². The number of aromatic nitrogens is 1. The average Bonchev–Trinajstić information content (AvgIpc) is 2.32. The van der Waals surface area contributed by atoms with Crippen LogP contribution >= 0.6 is 15.9 Å². The molecule has 12 heavy (non-hydrogen) atoms. The number of halogens is 1. The van der Waals surface area contributed by atoms with E-state index in [1.807, 2.05) is 6.07 Å². The molecule has 0 amide bonds. The molecule has 0 N–H and O–H groups in total. The monoisotopic (exact) mass is 231 g/mol. The molecule has 0 saturated heterocycles. The van der Waals surface area contributed by atoms with Crippen LogP contribution in [0.3, 0.4) is 0 Å². The Hall–Kier alpha value is -0.350. The second kappa shape index (κ2) is 3.58. The normalized spacial score (nSPS) is 17.8. The number of hydrogen-bond acceptors (Lipinski definition) is 3. The standard InChI is InChI=1S/C8H10BrNO2/c9-8-4-7(12-10-8)5-11-6-2-1-3-6/h4,6H,1-3,5H2. The van der Waals surface area contributed by atoms with Gasteiger partial charge in [0.1, 0.15) is 11.2 Å². The molecular formula is C8H10BrNO2. The molecule has 0 spiro atoms. The zero-order valence-electron chi connectivity index (χ0n) is 6.62. The van der Waals surface area contributed by atoms with Gasteiger partial charge in [0.15, 0.2) is 5.76 Å². The lowest BCUT2D eigenvalue weighted by molar-refractivity contribution is -0.0174. The molecule has 3 nitrogen and oxygen atoms in total. The third kappa shape index (κ3) is 1.87. The van der Waals surface area contributed by atoms with Crippen LogP contribution in [0.4, 0.5) is 0 Å². The molecule has 2 rings (SSSR count). The summed E-state index contributed by atoms with van der Waals surface area (Å²) in [5.74, 6) is 0.786. The highest BCUT2D eigenvalue weighted by Crippen LogP contribution is 2.23. The first-order valence-corrected chi connectivity index (χ1v) is 4.86. The Morgan fingerprint density at radius 2 is 2.50 bits per heavy atom. The predicted molar refractivity (Wildman–Crippen MR) is 46.6 cm³/mol. The van der Waals surface area contributed by atoms with Crippen LogP contribution in [0.1, 0.15) is 25.0 Å². The second-order valence-corrected chi connectivity index (χ2v) is 3.79. The summed E-state index contributed by atoms with van der Waals surface area (Å²) >= 11 is 3.21. The molecule has 0 aromatic carbocycles. The van der Waals surface area contributed by atoms with Gasteiger partial charge in [-0.2, -0.15) is 0 Å². The van der Waals surface area contributed by atoms with E-state index in [0.717, 1.165) is 10.4 Å². The molecule has 1 heterocycles. The highest BCUT2D eigenvalue weighted by atomic mass is 79.9. The molecule has 1 aromatic rings. The molecule has 1 aliphatic rings. The highest BCUT2D eigenvalue weighted by molar-refractivity contribution is 9.10. The van der Waals surface area contributed by atoms with Gasteiger partial charge in [0.25, 0.3) is 0 Å². The minimum absolute atomic E-state index is 0.453. The maximum Gasteiger partial charge on any atom is 0.163 e. The van der Waals surface area contributed by atoms with Gasteiger partial charge in [0.2, 0.25) is 0 Å². The summed E-state index contributed by atoms with van der Waals surface area (Å²) in [7, 11) is 0. The van der Waals surface area contributed by atoms with E-state index in [0.29, 0.717) is 12.7 Å². The fourth-order valence-electron chi connectivity index (χ4n) is 1.09. The summed E-state index contributed by atoms with van der Waals surface area (Å²) < 4.78 is 11.2. The summed E-state index contributed by atoms with van der Waals surface area (Å²) in [6.45, 7) is 0.545. The molecule has 0 bridgehead atoms. The van der Waals surface area contributed by atoms with Crippen LogP contribution in [0.15, 0.2) is 15.2 Å². The lowest BCUT2D eigenvalue weighted by atomic mass is 9.96. The Balaban J connectivity index is 1.79. The van der Waals surface area contributed by atoms with Gasteiger partial charge >= 0.3 is 0 Å². The summed E-state index contributed by atoms with van der Waals surface area (Å²) in [4.78, 5) is 0. The second-order valence-electron chi connectivity index (χ2n) is 2.98. The Kier molecular flexibility index (Phi) is 2.46. The first-order valence-electron chi connectivity index (χ1n) is 4.07. The molecule has 1 aliphatic carbocycles. The van der Waals surface area contributed by atoms with Crippen LogP contribution in [0.2, 0.25) is 0 Å². The lowest BCUT2D eigenvalue weighted by Gasteiger charge is -2.24. The van der Waals surface area contributed by atoms with Crippen LogP contribution in [0, 0.1) is 0 Å². The zero-order chi connectivity index (χ0) is 8.39. The summed E-state index contributed by atoms with van der Waals surface area (Å²) in [5, 5.41) is 3.70. The van der Waals surface area contributed by atoms with E-state index >= 15 is 0 Å². The van der Waals surface area contributed by atoms with Crippen molar-refractivity contribution in [2.45, 2.75) is 32.0 Å². The summed E-state index contributed by atoms with van der Waals surface area (Å²) in [6.07, 6.45) is 4.13. The van der Waals surface area contributed by atoms with Crippen LogP contribution in [-0.2, 0) is 11.3 Å². The fraction of sp³-hybridized carbons (Fsp3) is 0.625. The van der Waals surface area contributed by atoms with Crippen molar-refractivity contribution < 1.29 is 9.26 Å². The van der Waals surface area contributed by atoms with Gasteiger partial charge in [-0.25, -0.2) is 0 Å². The first-order chi connectivity index (χ1) is 5.84. The molecule has 1 saturated carbocycles. The van der Waals surface area contributed by atoms with E-state index in [4.69, 9.17) is 9.26 Å². The third-order valence-electron chi connectivity index (χ3n) is 2.04. The van der Waals surface area contributed by atoms with Crippen LogP contribution in [-0.4, -0.2) is 11.3 Å². The summed E-state index contributed by atoms with van der Waals surface area (Å²) in [5.41, 5.74) is 0. The zero-order valence-corrected chi connectivity index (χ0v) is 8.21. The van der Waals surface area contributed by atoms with Crippen molar-refractivity contribution >= 4 is 15.9 Å². The molecule has 0 radical (unpaired) electrons. The minimum atomic E-state index is 0.453. The van der Waals surface area contributed by atoms with Gasteiger partial charge in [-0.3, -0.25) is 0 Å². The Morgan fingerprint density at radius 1 is 1.67 bits per heavy atom. The van der Waals surface area contributed by atoms with Gasteiger partial charge in [-0.1, -0.05) is 5.16 Å². The molecular weight excluding hydrogens is 222 g/mol. The first kappa shape index (κ1) is 8.26. The molecule has 4 heteroatoms. The molecule has 0 unspecified atom stereocenters. The maximum absolute atomic E-state index is 5.52. The van der Waals surface area contributed by atoms with Crippen molar-refractivity contribution in [3.05, 3.63) is 16.4 Å². The van der Waals surface area contributed by atoms with Crippen molar-refractivity contribution in [1.29, 1.82) is 0 Å². The Labute approximate surface area is 79.2 Å². The van der Waals surface area contributed by atoms with Crippen molar-refractivity contribution in [3.63, 3.8) is 0 Å². The molecule has 66 valence electrons. The van der Waals surface area contributed by atoms with Gasteiger partial charge in [-0.15, -0.1) is 0 Å². The van der Waals surface area contributed by atoms with Crippen molar-refractivity contribution in [2.24, 2.45) is 0 Å². The van der Waals surface area contributed by atoms with Crippen LogP contribution in [0.5, 0.6) is 0 Å². The van der Waals surface area contributed by atoms with E-state index in [1.165, 1.54) is 19.3 Å². The Morgan fingerprint density at radius 3 is 3.00 bits per heavy atom. The highest BCUT2D eigenvalue weighted by Gasteiger charge is 2.18. The molecule has 0 atom stereocenters. The minimum Gasteiger partial charge on any atom is -0.370 e. The SMILES string of the molecule is Brc1cc(COC2CCC2)on1. The van der Waals surface area contributed by atoms with Crippen molar-refractivity contribution in [2.75, 3.05) is 0 Å². The van der Waals surface area contributed by atoms with E-state index in [2.05, 4.69) is 21.1 Å². The fourth-order valence-corrected chi connectivity index (χ4v) is 1.42. The van der Waals surface area contributed by atoms with E-state index in [9.17, 15) is 0 Å². The summed E-state index contributed by atoms with van der Waals surface area (Å²) in [6, 6.07) is 1.83. The third-order valence-corrected chi connectivity index (χ3v) is 2.42. The smallest absolute Gasteiger partial charge is 0.163 e.